The third-order valence-corrected chi connectivity index (χ3v) is 6.23. The molecule has 4 rings (SSSR count). The Morgan fingerprint density at radius 2 is 2.00 bits per heavy atom. The van der Waals surface area contributed by atoms with E-state index >= 15 is 0 Å². The van der Waals surface area contributed by atoms with E-state index in [0.29, 0.717) is 49.3 Å². The molecule has 0 unspecified atom stereocenters. The Morgan fingerprint density at radius 3 is 2.62 bits per heavy atom. The van der Waals surface area contributed by atoms with Crippen LogP contribution in [-0.2, 0) is 9.47 Å². The number of aromatic nitrogens is 1. The minimum atomic E-state index is -3.03. The average Bonchev–Trinajstić information content (AvgIpc) is 3.31. The molecule has 1 aromatic heterocycles. The number of anilines is 1. The van der Waals surface area contributed by atoms with Gasteiger partial charge in [0.05, 0.1) is 13.2 Å². The molecule has 2 fully saturated rings. The molecule has 0 atom stereocenters. The number of halogens is 3. The Morgan fingerprint density at radius 1 is 1.31 bits per heavy atom. The van der Waals surface area contributed by atoms with Gasteiger partial charge in [0.1, 0.15) is 16.3 Å². The lowest BCUT2D eigenvalue weighted by molar-refractivity contribution is -0.169. The van der Waals surface area contributed by atoms with Gasteiger partial charge >= 0.3 is 6.61 Å². The molecule has 2 aromatic rings. The van der Waals surface area contributed by atoms with Crippen molar-refractivity contribution in [2.45, 2.75) is 25.2 Å². The molecule has 0 saturated carbocycles. The molecule has 1 spiro atoms. The number of hydrogen-bond acceptors (Lipinski definition) is 7. The summed E-state index contributed by atoms with van der Waals surface area (Å²) in [6.07, 6.45) is 1.31. The lowest BCUT2D eigenvalue weighted by atomic mass is 10.0. The number of hydrogen-bond donors (Lipinski definition) is 1. The third kappa shape index (κ3) is 4.16. The van der Waals surface area contributed by atoms with E-state index in [9.17, 15) is 13.6 Å². The van der Waals surface area contributed by atoms with E-state index in [1.54, 1.807) is 0 Å². The molecule has 1 aromatic carbocycles. The Balaban J connectivity index is 1.66. The molecule has 0 aliphatic carbocycles. The Labute approximate surface area is 174 Å². The molecule has 2 aliphatic heterocycles. The van der Waals surface area contributed by atoms with E-state index in [-0.39, 0.29) is 21.9 Å². The van der Waals surface area contributed by atoms with Gasteiger partial charge in [-0.05, 0) is 18.2 Å². The summed E-state index contributed by atoms with van der Waals surface area (Å²) in [5.41, 5.74) is 5.89. The van der Waals surface area contributed by atoms with E-state index < -0.39 is 18.3 Å². The largest absolute Gasteiger partial charge is 0.434 e. The zero-order valence-corrected chi connectivity index (χ0v) is 16.8. The molecule has 11 heteroatoms. The summed E-state index contributed by atoms with van der Waals surface area (Å²) in [7, 11) is 0. The maximum atomic E-state index is 12.8. The average molecular weight is 446 g/mol. The smallest absolute Gasteiger partial charge is 0.387 e. The van der Waals surface area contributed by atoms with Crippen LogP contribution in [0, 0.1) is 0 Å². The first kappa shape index (κ1) is 20.3. The van der Waals surface area contributed by atoms with Gasteiger partial charge in [-0.2, -0.15) is 8.78 Å². The van der Waals surface area contributed by atoms with Gasteiger partial charge in [-0.15, -0.1) is 0 Å². The molecule has 3 heterocycles. The van der Waals surface area contributed by atoms with E-state index in [1.165, 1.54) is 18.2 Å². The Hall–Kier alpha value is -2.01. The maximum absolute atomic E-state index is 12.8. The lowest BCUT2D eigenvalue weighted by Gasteiger charge is -2.37. The van der Waals surface area contributed by atoms with Crippen LogP contribution in [-0.4, -0.2) is 49.6 Å². The van der Waals surface area contributed by atoms with Gasteiger partial charge in [0.2, 0.25) is 0 Å². The van der Waals surface area contributed by atoms with Crippen LogP contribution in [0.5, 0.6) is 5.75 Å². The standard InChI is InChI=1S/C18H18ClF2N3O4S/c19-10-1-2-12(28-16(20)21)11(9-10)13-14(15(22)25)29-17(23-13)24-5-3-18(4-6-24)26-7-8-27-18/h1-2,9,16H,3-8H2,(H2,22,25). The maximum Gasteiger partial charge on any atom is 0.387 e. The van der Waals surface area contributed by atoms with Crippen LogP contribution in [0.15, 0.2) is 18.2 Å². The predicted octanol–water partition coefficient (Wildman–Crippen LogP) is 3.51. The van der Waals surface area contributed by atoms with Crippen LogP contribution >= 0.6 is 22.9 Å². The molecule has 2 aliphatic rings. The van der Waals surface area contributed by atoms with E-state index in [0.717, 1.165) is 11.3 Å². The van der Waals surface area contributed by atoms with Crippen LogP contribution in [0.3, 0.4) is 0 Å². The normalized spacial score (nSPS) is 18.6. The number of carbonyl (C=O) groups excluding carboxylic acids is 1. The van der Waals surface area contributed by atoms with Crippen molar-refractivity contribution < 1.29 is 27.8 Å². The molecule has 2 saturated heterocycles. The molecular formula is C18H18ClF2N3O4S. The van der Waals surface area contributed by atoms with E-state index in [4.69, 9.17) is 26.8 Å². The minimum absolute atomic E-state index is 0.130. The number of ether oxygens (including phenoxy) is 3. The Kier molecular flexibility index (Phi) is 5.60. The number of piperidine rings is 1. The van der Waals surface area contributed by atoms with Crippen LogP contribution in [0.1, 0.15) is 22.5 Å². The van der Waals surface area contributed by atoms with Gasteiger partial charge in [-0.25, -0.2) is 4.98 Å². The summed E-state index contributed by atoms with van der Waals surface area (Å²) < 4.78 is 41.7. The van der Waals surface area contributed by atoms with Crippen LogP contribution in [0.25, 0.3) is 11.3 Å². The molecule has 0 bridgehead atoms. The first-order valence-electron chi connectivity index (χ1n) is 8.95. The zero-order valence-electron chi connectivity index (χ0n) is 15.2. The van der Waals surface area contributed by atoms with Crippen molar-refractivity contribution in [3.8, 4) is 17.0 Å². The second-order valence-electron chi connectivity index (χ2n) is 6.65. The summed E-state index contributed by atoms with van der Waals surface area (Å²) >= 11 is 7.14. The molecule has 7 nitrogen and oxygen atoms in total. The highest BCUT2D eigenvalue weighted by molar-refractivity contribution is 7.18. The van der Waals surface area contributed by atoms with Gasteiger partial charge in [-0.3, -0.25) is 4.79 Å². The van der Waals surface area contributed by atoms with Crippen LogP contribution in [0.2, 0.25) is 5.02 Å². The highest BCUT2D eigenvalue weighted by Gasteiger charge is 2.40. The summed E-state index contributed by atoms with van der Waals surface area (Å²) in [5, 5.41) is 0.853. The van der Waals surface area contributed by atoms with Gasteiger partial charge in [0, 0.05) is 36.5 Å². The van der Waals surface area contributed by atoms with Crippen LogP contribution < -0.4 is 15.4 Å². The molecule has 156 valence electrons. The van der Waals surface area contributed by atoms with Crippen molar-refractivity contribution in [2.24, 2.45) is 5.73 Å². The third-order valence-electron chi connectivity index (χ3n) is 4.86. The monoisotopic (exact) mass is 445 g/mol. The zero-order chi connectivity index (χ0) is 20.6. The van der Waals surface area contributed by atoms with Crippen molar-refractivity contribution in [3.05, 3.63) is 28.1 Å². The number of alkyl halides is 2. The molecule has 29 heavy (non-hydrogen) atoms. The number of carbonyl (C=O) groups is 1. The van der Waals surface area contributed by atoms with Gasteiger partial charge < -0.3 is 24.8 Å². The van der Waals surface area contributed by atoms with Gasteiger partial charge in [-0.1, -0.05) is 22.9 Å². The first-order valence-corrected chi connectivity index (χ1v) is 10.1. The quantitative estimate of drug-likeness (QED) is 0.757. The predicted molar refractivity (Wildman–Crippen MR) is 104 cm³/mol. The second kappa shape index (κ2) is 8.02. The van der Waals surface area contributed by atoms with E-state index in [1.807, 2.05) is 4.90 Å². The summed E-state index contributed by atoms with van der Waals surface area (Å²) in [4.78, 5) is 18.7. The van der Waals surface area contributed by atoms with Gasteiger partial charge in [0.25, 0.3) is 5.91 Å². The minimum Gasteiger partial charge on any atom is -0.434 e. The number of rotatable bonds is 5. The van der Waals surface area contributed by atoms with Crippen molar-refractivity contribution >= 4 is 34.0 Å². The highest BCUT2D eigenvalue weighted by Crippen LogP contribution is 2.41. The summed E-state index contributed by atoms with van der Waals surface area (Å²) in [6, 6.07) is 4.16. The number of benzene rings is 1. The van der Waals surface area contributed by atoms with Gasteiger partial charge in [0.15, 0.2) is 10.9 Å². The number of nitrogens with two attached hydrogens (primary N) is 1. The number of thiazole rings is 1. The molecule has 0 radical (unpaired) electrons. The van der Waals surface area contributed by atoms with Crippen molar-refractivity contribution in [3.63, 3.8) is 0 Å². The Bertz CT molecular complexity index is 911. The fraction of sp³-hybridized carbons (Fsp3) is 0.444. The molecule has 2 N–H and O–H groups in total. The summed E-state index contributed by atoms with van der Waals surface area (Å²) in [5.74, 6) is -1.38. The fourth-order valence-corrected chi connectivity index (χ4v) is 4.66. The first-order chi connectivity index (χ1) is 13.9. The highest BCUT2D eigenvalue weighted by atomic mass is 35.5. The van der Waals surface area contributed by atoms with Crippen molar-refractivity contribution in [1.29, 1.82) is 0 Å². The number of primary amides is 1. The topological polar surface area (TPSA) is 86.9 Å². The van der Waals surface area contributed by atoms with Crippen molar-refractivity contribution in [1.82, 2.24) is 4.98 Å². The second-order valence-corrected chi connectivity index (χ2v) is 8.07. The number of nitrogens with zero attached hydrogens (tertiary/aromatic N) is 2. The molecular weight excluding hydrogens is 428 g/mol. The summed E-state index contributed by atoms with van der Waals surface area (Å²) in [6.45, 7) is -0.652. The van der Waals surface area contributed by atoms with Crippen LogP contribution in [0.4, 0.5) is 13.9 Å². The SMILES string of the molecule is NC(=O)c1sc(N2CCC3(CC2)OCCO3)nc1-c1cc(Cl)ccc1OC(F)F. The fourth-order valence-electron chi connectivity index (χ4n) is 3.50. The lowest BCUT2D eigenvalue weighted by Crippen LogP contribution is -2.45. The van der Waals surface area contributed by atoms with Crippen molar-refractivity contribution in [2.75, 3.05) is 31.2 Å². The molecule has 1 amide bonds. The number of amides is 1. The van der Waals surface area contributed by atoms with E-state index in [2.05, 4.69) is 9.72 Å².